The highest BCUT2D eigenvalue weighted by molar-refractivity contribution is 5.31. The summed E-state index contributed by atoms with van der Waals surface area (Å²) in [5, 5.41) is 3.30. The van der Waals surface area contributed by atoms with Crippen molar-refractivity contribution in [2.45, 2.75) is 34.2 Å². The molecule has 1 N–H and O–H groups in total. The Balaban J connectivity index is 2.82. The molecule has 2 nitrogen and oxygen atoms in total. The van der Waals surface area contributed by atoms with Gasteiger partial charge in [0.05, 0.1) is 0 Å². The highest BCUT2D eigenvalue weighted by Gasteiger charge is 2.09. The van der Waals surface area contributed by atoms with Crippen molar-refractivity contribution < 1.29 is 4.42 Å². The first-order valence-corrected chi connectivity index (χ1v) is 4.43. The second kappa shape index (κ2) is 3.76. The van der Waals surface area contributed by atoms with Crippen LogP contribution >= 0.6 is 0 Å². The highest BCUT2D eigenvalue weighted by Crippen LogP contribution is 2.19. The molecule has 0 aliphatic rings. The van der Waals surface area contributed by atoms with Crippen molar-refractivity contribution in [1.82, 2.24) is 5.32 Å². The molecule has 0 fully saturated rings. The van der Waals surface area contributed by atoms with Gasteiger partial charge in [0.15, 0.2) is 0 Å². The van der Waals surface area contributed by atoms with Crippen LogP contribution in [-0.2, 0) is 6.54 Å². The van der Waals surface area contributed by atoms with Gasteiger partial charge in [0, 0.05) is 12.1 Å². The van der Waals surface area contributed by atoms with Crippen LogP contribution in [0.2, 0.25) is 0 Å². The lowest BCUT2D eigenvalue weighted by molar-refractivity contribution is 0.498. The molecule has 2 heteroatoms. The average molecular weight is 167 g/mol. The zero-order chi connectivity index (χ0) is 9.14. The molecular formula is C10H17NO. The van der Waals surface area contributed by atoms with Crippen LogP contribution in [-0.4, -0.2) is 6.54 Å². The summed E-state index contributed by atoms with van der Waals surface area (Å²) in [4.78, 5) is 0. The molecule has 0 saturated carbocycles. The molecule has 0 aromatic carbocycles. The molecule has 1 heterocycles. The second-order valence-corrected chi connectivity index (χ2v) is 3.10. The van der Waals surface area contributed by atoms with E-state index in [0.717, 1.165) is 24.6 Å². The second-order valence-electron chi connectivity index (χ2n) is 3.10. The van der Waals surface area contributed by atoms with Gasteiger partial charge in [-0.15, -0.1) is 0 Å². The third-order valence-corrected chi connectivity index (χ3v) is 2.26. The summed E-state index contributed by atoms with van der Waals surface area (Å²) in [6, 6.07) is 0. The van der Waals surface area contributed by atoms with E-state index in [0.29, 0.717) is 0 Å². The Labute approximate surface area is 74.0 Å². The van der Waals surface area contributed by atoms with Gasteiger partial charge in [-0.3, -0.25) is 0 Å². The molecule has 1 rings (SSSR count). The molecule has 0 unspecified atom stereocenters. The monoisotopic (exact) mass is 167 g/mol. The summed E-state index contributed by atoms with van der Waals surface area (Å²) in [7, 11) is 0. The van der Waals surface area contributed by atoms with Crippen LogP contribution in [0, 0.1) is 20.8 Å². The number of aryl methyl sites for hydroxylation is 2. The number of hydrogen-bond acceptors (Lipinski definition) is 2. The summed E-state index contributed by atoms with van der Waals surface area (Å²) in [6.07, 6.45) is 0. The maximum absolute atomic E-state index is 5.50. The molecule has 12 heavy (non-hydrogen) atoms. The van der Waals surface area contributed by atoms with Crippen LogP contribution in [0.5, 0.6) is 0 Å². The average Bonchev–Trinajstić information content (AvgIpc) is 2.25. The van der Waals surface area contributed by atoms with Crippen LogP contribution in [0.1, 0.15) is 29.6 Å². The fourth-order valence-electron chi connectivity index (χ4n) is 1.35. The van der Waals surface area contributed by atoms with Crippen molar-refractivity contribution in [2.75, 3.05) is 6.54 Å². The first-order chi connectivity index (χ1) is 5.66. The quantitative estimate of drug-likeness (QED) is 0.747. The molecule has 68 valence electrons. The van der Waals surface area contributed by atoms with Crippen molar-refractivity contribution in [3.63, 3.8) is 0 Å². The Morgan fingerprint density at radius 3 is 2.25 bits per heavy atom. The molecule has 0 aliphatic carbocycles. The predicted molar refractivity (Wildman–Crippen MR) is 50.3 cm³/mol. The van der Waals surface area contributed by atoms with Crippen LogP contribution < -0.4 is 5.32 Å². The molecule has 0 bridgehead atoms. The minimum absolute atomic E-state index is 0.922. The zero-order valence-corrected chi connectivity index (χ0v) is 8.32. The normalized spacial score (nSPS) is 10.7. The van der Waals surface area contributed by atoms with E-state index in [1.165, 1.54) is 11.1 Å². The van der Waals surface area contributed by atoms with Crippen molar-refractivity contribution >= 4 is 0 Å². The van der Waals surface area contributed by atoms with Gasteiger partial charge in [-0.2, -0.15) is 0 Å². The van der Waals surface area contributed by atoms with E-state index in [2.05, 4.69) is 19.2 Å². The van der Waals surface area contributed by atoms with Gasteiger partial charge >= 0.3 is 0 Å². The first kappa shape index (κ1) is 9.33. The number of furan rings is 1. The van der Waals surface area contributed by atoms with E-state index >= 15 is 0 Å². The van der Waals surface area contributed by atoms with Crippen LogP contribution in [0.3, 0.4) is 0 Å². The molecule has 0 amide bonds. The molecular weight excluding hydrogens is 150 g/mol. The minimum Gasteiger partial charge on any atom is -0.466 e. The van der Waals surface area contributed by atoms with E-state index in [9.17, 15) is 0 Å². The van der Waals surface area contributed by atoms with E-state index in [-0.39, 0.29) is 0 Å². The van der Waals surface area contributed by atoms with Crippen LogP contribution in [0.15, 0.2) is 4.42 Å². The lowest BCUT2D eigenvalue weighted by Crippen LogP contribution is -2.12. The lowest BCUT2D eigenvalue weighted by Gasteiger charge is -2.00. The SMILES string of the molecule is CCNCc1c(C)oc(C)c1C. The lowest BCUT2D eigenvalue weighted by atomic mass is 10.1. The zero-order valence-electron chi connectivity index (χ0n) is 8.32. The summed E-state index contributed by atoms with van der Waals surface area (Å²) >= 11 is 0. The summed E-state index contributed by atoms with van der Waals surface area (Å²) in [5.74, 6) is 2.09. The minimum atomic E-state index is 0.922. The summed E-state index contributed by atoms with van der Waals surface area (Å²) in [6.45, 7) is 10.2. The Bertz CT molecular complexity index is 263. The molecule has 0 aliphatic heterocycles. The van der Waals surface area contributed by atoms with Gasteiger partial charge in [-0.1, -0.05) is 6.92 Å². The number of rotatable bonds is 3. The van der Waals surface area contributed by atoms with Crippen molar-refractivity contribution in [3.8, 4) is 0 Å². The van der Waals surface area contributed by atoms with Gasteiger partial charge in [0.1, 0.15) is 11.5 Å². The third kappa shape index (κ3) is 1.69. The van der Waals surface area contributed by atoms with Crippen molar-refractivity contribution in [1.29, 1.82) is 0 Å². The van der Waals surface area contributed by atoms with Gasteiger partial charge < -0.3 is 9.73 Å². The van der Waals surface area contributed by atoms with Crippen LogP contribution in [0.25, 0.3) is 0 Å². The molecule has 0 atom stereocenters. The van der Waals surface area contributed by atoms with Gasteiger partial charge in [0.2, 0.25) is 0 Å². The predicted octanol–water partition coefficient (Wildman–Crippen LogP) is 2.31. The Kier molecular flexibility index (Phi) is 2.93. The van der Waals surface area contributed by atoms with E-state index < -0.39 is 0 Å². The Morgan fingerprint density at radius 1 is 1.17 bits per heavy atom. The van der Waals surface area contributed by atoms with E-state index in [4.69, 9.17) is 4.42 Å². The van der Waals surface area contributed by atoms with Crippen molar-refractivity contribution in [2.24, 2.45) is 0 Å². The van der Waals surface area contributed by atoms with Gasteiger partial charge in [0.25, 0.3) is 0 Å². The molecule has 0 radical (unpaired) electrons. The maximum atomic E-state index is 5.50. The fraction of sp³-hybridized carbons (Fsp3) is 0.600. The van der Waals surface area contributed by atoms with Crippen LogP contribution in [0.4, 0.5) is 0 Å². The third-order valence-electron chi connectivity index (χ3n) is 2.26. The summed E-state index contributed by atoms with van der Waals surface area (Å²) in [5.41, 5.74) is 2.60. The molecule has 0 spiro atoms. The molecule has 1 aromatic heterocycles. The fourth-order valence-corrected chi connectivity index (χ4v) is 1.35. The largest absolute Gasteiger partial charge is 0.466 e. The summed E-state index contributed by atoms with van der Waals surface area (Å²) < 4.78 is 5.50. The van der Waals surface area contributed by atoms with E-state index in [1.54, 1.807) is 0 Å². The smallest absolute Gasteiger partial charge is 0.105 e. The highest BCUT2D eigenvalue weighted by atomic mass is 16.3. The van der Waals surface area contributed by atoms with Gasteiger partial charge in [-0.05, 0) is 32.9 Å². The van der Waals surface area contributed by atoms with Gasteiger partial charge in [-0.25, -0.2) is 0 Å². The topological polar surface area (TPSA) is 25.2 Å². The molecule has 0 saturated heterocycles. The molecule has 1 aromatic rings. The Morgan fingerprint density at radius 2 is 1.83 bits per heavy atom. The number of hydrogen-bond donors (Lipinski definition) is 1. The maximum Gasteiger partial charge on any atom is 0.105 e. The van der Waals surface area contributed by atoms with Crippen molar-refractivity contribution in [3.05, 3.63) is 22.6 Å². The van der Waals surface area contributed by atoms with E-state index in [1.807, 2.05) is 13.8 Å². The number of nitrogens with one attached hydrogen (secondary N) is 1. The Hall–Kier alpha value is -0.760. The standard InChI is InChI=1S/C10H17NO/c1-5-11-6-10-7(2)8(3)12-9(10)4/h11H,5-6H2,1-4H3. The first-order valence-electron chi connectivity index (χ1n) is 4.43.